The molecule has 0 aliphatic carbocycles. The second kappa shape index (κ2) is 6.40. The van der Waals surface area contributed by atoms with Crippen molar-refractivity contribution in [2.45, 2.75) is 51.7 Å². The standard InChI is InChI=1S/C12H20N2O5/c1-12(2,3)19-10(16)13-7-5-4-6-8-9(15)18-11(17)14-8/h8H,4-7H2,1-3H3,(H,13,16)(H,14,17)/t8-/m1/s1. The minimum Gasteiger partial charge on any atom is -0.444 e. The predicted molar refractivity (Wildman–Crippen MR) is 66.5 cm³/mol. The van der Waals surface area contributed by atoms with Crippen molar-refractivity contribution in [2.75, 3.05) is 6.54 Å². The summed E-state index contributed by atoms with van der Waals surface area (Å²) in [6, 6.07) is -0.561. The Balaban J connectivity index is 2.07. The van der Waals surface area contributed by atoms with Gasteiger partial charge in [-0.15, -0.1) is 0 Å². The van der Waals surface area contributed by atoms with Crippen molar-refractivity contribution in [2.24, 2.45) is 0 Å². The van der Waals surface area contributed by atoms with E-state index in [1.54, 1.807) is 20.8 Å². The summed E-state index contributed by atoms with van der Waals surface area (Å²) in [4.78, 5) is 33.2. The van der Waals surface area contributed by atoms with Crippen LogP contribution < -0.4 is 10.6 Å². The molecule has 7 nitrogen and oxygen atoms in total. The van der Waals surface area contributed by atoms with E-state index in [0.29, 0.717) is 25.8 Å². The molecule has 0 aromatic carbocycles. The van der Waals surface area contributed by atoms with Gasteiger partial charge in [-0.05, 0) is 40.0 Å². The van der Waals surface area contributed by atoms with Gasteiger partial charge < -0.3 is 20.1 Å². The number of alkyl carbamates (subject to hydrolysis) is 2. The zero-order valence-electron chi connectivity index (χ0n) is 11.4. The van der Waals surface area contributed by atoms with E-state index in [4.69, 9.17) is 4.74 Å². The van der Waals surface area contributed by atoms with Crippen LogP contribution in [0, 0.1) is 0 Å². The number of nitrogens with one attached hydrogen (secondary N) is 2. The Morgan fingerprint density at radius 2 is 2.05 bits per heavy atom. The van der Waals surface area contributed by atoms with Crippen LogP contribution in [0.4, 0.5) is 9.59 Å². The van der Waals surface area contributed by atoms with Crippen molar-refractivity contribution < 1.29 is 23.9 Å². The summed E-state index contributed by atoms with van der Waals surface area (Å²) in [5.74, 6) is -0.537. The fourth-order valence-corrected chi connectivity index (χ4v) is 1.56. The highest BCUT2D eigenvalue weighted by Gasteiger charge is 2.31. The predicted octanol–water partition coefficient (Wildman–Crippen LogP) is 1.32. The fraction of sp³-hybridized carbons (Fsp3) is 0.750. The highest BCUT2D eigenvalue weighted by molar-refractivity contribution is 5.95. The van der Waals surface area contributed by atoms with Gasteiger partial charge in [0.2, 0.25) is 0 Å². The van der Waals surface area contributed by atoms with E-state index in [0.717, 1.165) is 0 Å². The van der Waals surface area contributed by atoms with E-state index in [-0.39, 0.29) is 0 Å². The molecular weight excluding hydrogens is 252 g/mol. The van der Waals surface area contributed by atoms with E-state index < -0.39 is 29.8 Å². The largest absolute Gasteiger partial charge is 0.444 e. The Morgan fingerprint density at radius 3 is 2.58 bits per heavy atom. The number of esters is 1. The van der Waals surface area contributed by atoms with Gasteiger partial charge in [-0.1, -0.05) is 0 Å². The van der Waals surface area contributed by atoms with Gasteiger partial charge >= 0.3 is 18.2 Å². The van der Waals surface area contributed by atoms with E-state index >= 15 is 0 Å². The van der Waals surface area contributed by atoms with Crippen molar-refractivity contribution >= 4 is 18.2 Å². The molecule has 1 fully saturated rings. The molecule has 0 spiro atoms. The van der Waals surface area contributed by atoms with E-state index in [9.17, 15) is 14.4 Å². The molecular formula is C12H20N2O5. The Hall–Kier alpha value is -1.79. The maximum atomic E-state index is 11.3. The Morgan fingerprint density at radius 1 is 1.37 bits per heavy atom. The summed E-state index contributed by atoms with van der Waals surface area (Å²) < 4.78 is 9.41. The van der Waals surface area contributed by atoms with Gasteiger partial charge in [0.1, 0.15) is 11.6 Å². The Kier molecular flexibility index (Phi) is 5.14. The topological polar surface area (TPSA) is 93.7 Å². The van der Waals surface area contributed by atoms with Gasteiger partial charge in [0.25, 0.3) is 0 Å². The van der Waals surface area contributed by atoms with Crippen LogP contribution in [-0.4, -0.2) is 36.3 Å². The first kappa shape index (κ1) is 15.3. The van der Waals surface area contributed by atoms with Crippen LogP contribution in [-0.2, 0) is 14.3 Å². The maximum Gasteiger partial charge on any atom is 0.415 e. The lowest BCUT2D eigenvalue weighted by Gasteiger charge is -2.19. The van der Waals surface area contributed by atoms with Gasteiger partial charge in [0, 0.05) is 6.54 Å². The second-order valence-corrected chi connectivity index (χ2v) is 5.33. The summed E-state index contributed by atoms with van der Waals surface area (Å²) in [6.45, 7) is 5.84. The third-order valence-corrected chi connectivity index (χ3v) is 2.36. The number of unbranched alkanes of at least 4 members (excludes halogenated alkanes) is 1. The number of cyclic esters (lactones) is 2. The van der Waals surface area contributed by atoms with Crippen molar-refractivity contribution in [3.8, 4) is 0 Å². The van der Waals surface area contributed by atoms with Crippen molar-refractivity contribution in [3.63, 3.8) is 0 Å². The molecule has 2 amide bonds. The molecule has 7 heteroatoms. The highest BCUT2D eigenvalue weighted by Crippen LogP contribution is 2.09. The smallest absolute Gasteiger partial charge is 0.415 e. The van der Waals surface area contributed by atoms with E-state index in [1.165, 1.54) is 0 Å². The lowest BCUT2D eigenvalue weighted by atomic mass is 10.1. The lowest BCUT2D eigenvalue weighted by Crippen LogP contribution is -2.33. The molecule has 2 N–H and O–H groups in total. The molecule has 0 aromatic rings. The second-order valence-electron chi connectivity index (χ2n) is 5.33. The van der Waals surface area contributed by atoms with Crippen LogP contribution in [0.25, 0.3) is 0 Å². The molecule has 1 rings (SSSR count). The van der Waals surface area contributed by atoms with E-state index in [1.807, 2.05) is 0 Å². The normalized spacial score (nSPS) is 18.8. The number of carbonyl (C=O) groups is 3. The SMILES string of the molecule is CC(C)(C)OC(=O)NCCCC[C@H]1NC(=O)OC1=O. The molecule has 108 valence electrons. The summed E-state index contributed by atoms with van der Waals surface area (Å²) >= 11 is 0. The van der Waals surface area contributed by atoms with Crippen molar-refractivity contribution in [3.05, 3.63) is 0 Å². The fourth-order valence-electron chi connectivity index (χ4n) is 1.56. The van der Waals surface area contributed by atoms with Crippen LogP contribution in [0.15, 0.2) is 0 Å². The quantitative estimate of drug-likeness (QED) is 0.447. The van der Waals surface area contributed by atoms with Gasteiger partial charge in [0.05, 0.1) is 0 Å². The van der Waals surface area contributed by atoms with Crippen LogP contribution in [0.2, 0.25) is 0 Å². The molecule has 0 aromatic heterocycles. The molecule has 1 saturated heterocycles. The first-order valence-electron chi connectivity index (χ1n) is 6.27. The van der Waals surface area contributed by atoms with Crippen LogP contribution in [0.5, 0.6) is 0 Å². The zero-order valence-corrected chi connectivity index (χ0v) is 11.4. The van der Waals surface area contributed by atoms with Crippen LogP contribution in [0.3, 0.4) is 0 Å². The van der Waals surface area contributed by atoms with Gasteiger partial charge in [-0.2, -0.15) is 0 Å². The molecule has 1 aliphatic rings. The Labute approximate surface area is 112 Å². The number of amides is 2. The minimum absolute atomic E-state index is 0.457. The molecule has 0 bridgehead atoms. The maximum absolute atomic E-state index is 11.3. The molecule has 0 saturated carbocycles. The molecule has 1 atom stereocenters. The van der Waals surface area contributed by atoms with Crippen LogP contribution in [0.1, 0.15) is 40.0 Å². The number of carbonyl (C=O) groups excluding carboxylic acids is 3. The third kappa shape index (κ3) is 6.08. The number of hydrogen-bond donors (Lipinski definition) is 2. The third-order valence-electron chi connectivity index (χ3n) is 2.36. The van der Waals surface area contributed by atoms with Crippen molar-refractivity contribution in [1.29, 1.82) is 0 Å². The first-order valence-corrected chi connectivity index (χ1v) is 6.27. The van der Waals surface area contributed by atoms with Crippen LogP contribution >= 0.6 is 0 Å². The monoisotopic (exact) mass is 272 g/mol. The first-order chi connectivity index (χ1) is 8.78. The summed E-state index contributed by atoms with van der Waals surface area (Å²) in [5, 5.41) is 5.03. The van der Waals surface area contributed by atoms with Gasteiger partial charge in [-0.3, -0.25) is 0 Å². The number of hydrogen-bond acceptors (Lipinski definition) is 5. The summed E-state index contributed by atoms with van der Waals surface area (Å²) in [5.41, 5.74) is -0.512. The summed E-state index contributed by atoms with van der Waals surface area (Å²) in [7, 11) is 0. The zero-order chi connectivity index (χ0) is 14.5. The average molecular weight is 272 g/mol. The average Bonchev–Trinajstić information content (AvgIpc) is 2.54. The Bertz CT molecular complexity index is 362. The molecule has 1 aliphatic heterocycles. The minimum atomic E-state index is -0.693. The highest BCUT2D eigenvalue weighted by atomic mass is 16.6. The van der Waals surface area contributed by atoms with E-state index in [2.05, 4.69) is 15.4 Å². The van der Waals surface area contributed by atoms with Gasteiger partial charge in [-0.25, -0.2) is 14.4 Å². The number of rotatable bonds is 5. The summed E-state index contributed by atoms with van der Waals surface area (Å²) in [6.07, 6.45) is 0.734. The van der Waals surface area contributed by atoms with Gasteiger partial charge in [0.15, 0.2) is 0 Å². The van der Waals surface area contributed by atoms with Crippen molar-refractivity contribution in [1.82, 2.24) is 10.6 Å². The number of ether oxygens (including phenoxy) is 2. The molecule has 19 heavy (non-hydrogen) atoms. The molecule has 0 radical (unpaired) electrons. The lowest BCUT2D eigenvalue weighted by molar-refractivity contribution is -0.135. The molecule has 1 heterocycles. The molecule has 0 unspecified atom stereocenters.